The van der Waals surface area contributed by atoms with Crippen molar-refractivity contribution in [2.45, 2.75) is 0 Å². The van der Waals surface area contributed by atoms with Crippen LogP contribution in [0.5, 0.6) is 0 Å². The van der Waals surface area contributed by atoms with E-state index in [0.29, 0.717) is 0 Å². The number of rotatable bonds is 6. The molecule has 0 aliphatic heterocycles. The van der Waals surface area contributed by atoms with Gasteiger partial charge in [0.2, 0.25) is 0 Å². The molecule has 10 aromatic rings. The largest absolute Gasteiger partial charge is 0.308 e. The molecule has 240 valence electrons. The van der Waals surface area contributed by atoms with E-state index < -0.39 is 0 Å². The third-order valence-corrected chi connectivity index (χ3v) is 11.2. The zero-order chi connectivity index (χ0) is 33.7. The number of thiophene rings is 1. The van der Waals surface area contributed by atoms with E-state index in [1.54, 1.807) is 0 Å². The molecule has 2 aromatic heterocycles. The van der Waals surface area contributed by atoms with Crippen molar-refractivity contribution < 1.29 is 0 Å². The molecular weight excluding hydrogens is 637 g/mol. The molecule has 2 nitrogen and oxygen atoms in total. The average molecular weight is 669 g/mol. The first-order chi connectivity index (χ1) is 25.3. The minimum Gasteiger partial charge on any atom is -0.308 e. The lowest BCUT2D eigenvalue weighted by Crippen LogP contribution is -2.13. The van der Waals surface area contributed by atoms with E-state index in [9.17, 15) is 0 Å². The molecule has 0 aliphatic rings. The van der Waals surface area contributed by atoms with Gasteiger partial charge in [-0.1, -0.05) is 133 Å². The Morgan fingerprint density at radius 2 is 0.902 bits per heavy atom. The van der Waals surface area contributed by atoms with Crippen molar-refractivity contribution in [3.05, 3.63) is 194 Å². The lowest BCUT2D eigenvalue weighted by molar-refractivity contribution is 1.15. The summed E-state index contributed by atoms with van der Waals surface area (Å²) in [5.74, 6) is 0. The molecule has 51 heavy (non-hydrogen) atoms. The summed E-state index contributed by atoms with van der Waals surface area (Å²) in [5, 5.41) is 5.15. The molecular formula is C48H32N2S. The molecule has 0 amide bonds. The quantitative estimate of drug-likeness (QED) is 0.171. The summed E-state index contributed by atoms with van der Waals surface area (Å²) < 4.78 is 5.06. The standard InChI is InChI=1S/C48H32N2S/c1-2-13-33(14-3-1)34-25-29-36(30-26-34)49(37-31-27-35(28-32-37)38-18-12-24-47-48(38)41-17-6-11-23-46(41)51-47)44-21-9-10-22-45(44)50-42-19-7-4-15-39(42)40-16-5-8-20-43(40)50/h1-32H. The van der Waals surface area contributed by atoms with E-state index in [0.717, 1.165) is 22.7 Å². The zero-order valence-corrected chi connectivity index (χ0v) is 28.6. The summed E-state index contributed by atoms with van der Waals surface area (Å²) in [4.78, 5) is 2.40. The molecule has 0 unspecified atom stereocenters. The van der Waals surface area contributed by atoms with Gasteiger partial charge in [0.25, 0.3) is 0 Å². The van der Waals surface area contributed by atoms with Crippen molar-refractivity contribution in [3.63, 3.8) is 0 Å². The summed E-state index contributed by atoms with van der Waals surface area (Å²) >= 11 is 1.86. The molecule has 0 aliphatic carbocycles. The highest BCUT2D eigenvalue weighted by atomic mass is 32.1. The zero-order valence-electron chi connectivity index (χ0n) is 27.8. The Bertz CT molecular complexity index is 2790. The van der Waals surface area contributed by atoms with Crippen molar-refractivity contribution in [3.8, 4) is 27.9 Å². The van der Waals surface area contributed by atoms with Crippen molar-refractivity contribution in [1.82, 2.24) is 4.57 Å². The summed E-state index contributed by atoms with van der Waals surface area (Å²) in [7, 11) is 0. The number of nitrogens with zero attached hydrogens (tertiary/aromatic N) is 2. The van der Waals surface area contributed by atoms with Gasteiger partial charge in [0.1, 0.15) is 0 Å². The summed E-state index contributed by atoms with van der Waals surface area (Å²) in [5.41, 5.74) is 11.7. The van der Waals surface area contributed by atoms with Crippen molar-refractivity contribution in [1.29, 1.82) is 0 Å². The summed E-state index contributed by atoms with van der Waals surface area (Å²) in [6.45, 7) is 0. The van der Waals surface area contributed by atoms with E-state index in [1.165, 1.54) is 64.2 Å². The Morgan fingerprint density at radius 3 is 1.61 bits per heavy atom. The predicted octanol–water partition coefficient (Wildman–Crippen LogP) is 14.0. The lowest BCUT2D eigenvalue weighted by atomic mass is 9.99. The van der Waals surface area contributed by atoms with Crippen LogP contribution in [0.4, 0.5) is 17.1 Å². The fraction of sp³-hybridized carbons (Fsp3) is 0. The van der Waals surface area contributed by atoms with Gasteiger partial charge in [-0.3, -0.25) is 0 Å². The first-order valence-corrected chi connectivity index (χ1v) is 18.2. The lowest BCUT2D eigenvalue weighted by Gasteiger charge is -2.28. The van der Waals surface area contributed by atoms with E-state index in [4.69, 9.17) is 0 Å². The maximum atomic E-state index is 2.42. The van der Waals surface area contributed by atoms with E-state index in [2.05, 4.69) is 204 Å². The molecule has 0 saturated heterocycles. The minimum atomic E-state index is 1.10. The van der Waals surface area contributed by atoms with Crippen LogP contribution in [0.2, 0.25) is 0 Å². The highest BCUT2D eigenvalue weighted by Gasteiger charge is 2.21. The number of anilines is 3. The maximum Gasteiger partial charge on any atom is 0.0702 e. The number of para-hydroxylation sites is 4. The highest BCUT2D eigenvalue weighted by molar-refractivity contribution is 7.25. The van der Waals surface area contributed by atoms with Gasteiger partial charge < -0.3 is 9.47 Å². The molecule has 0 fully saturated rings. The van der Waals surface area contributed by atoms with E-state index >= 15 is 0 Å². The Hall–Kier alpha value is -6.42. The van der Waals surface area contributed by atoms with Crippen molar-refractivity contribution in [2.75, 3.05) is 4.90 Å². The van der Waals surface area contributed by atoms with Crippen LogP contribution in [-0.4, -0.2) is 4.57 Å². The molecule has 0 saturated carbocycles. The highest BCUT2D eigenvalue weighted by Crippen LogP contribution is 2.44. The Kier molecular flexibility index (Phi) is 7.04. The predicted molar refractivity (Wildman–Crippen MR) is 219 cm³/mol. The monoisotopic (exact) mass is 668 g/mol. The molecule has 0 spiro atoms. The maximum absolute atomic E-state index is 2.42. The minimum absolute atomic E-state index is 1.10. The van der Waals surface area contributed by atoms with Gasteiger partial charge in [0, 0.05) is 42.3 Å². The Balaban J connectivity index is 1.16. The fourth-order valence-corrected chi connectivity index (χ4v) is 8.82. The molecule has 0 N–H and O–H groups in total. The van der Waals surface area contributed by atoms with Gasteiger partial charge in [-0.15, -0.1) is 11.3 Å². The average Bonchev–Trinajstić information content (AvgIpc) is 3.75. The van der Waals surface area contributed by atoms with Gasteiger partial charge in [0.15, 0.2) is 0 Å². The molecule has 0 radical (unpaired) electrons. The molecule has 10 rings (SSSR count). The number of hydrogen-bond donors (Lipinski definition) is 0. The van der Waals surface area contributed by atoms with Crippen molar-refractivity contribution in [2.24, 2.45) is 0 Å². The molecule has 0 atom stereocenters. The molecule has 2 heterocycles. The van der Waals surface area contributed by atoms with Crippen LogP contribution in [0.1, 0.15) is 0 Å². The molecule has 8 aromatic carbocycles. The van der Waals surface area contributed by atoms with Gasteiger partial charge in [0.05, 0.1) is 22.4 Å². The van der Waals surface area contributed by atoms with Gasteiger partial charge >= 0.3 is 0 Å². The second-order valence-electron chi connectivity index (χ2n) is 12.9. The Labute approximate surface area is 300 Å². The number of aromatic nitrogens is 1. The van der Waals surface area contributed by atoms with E-state index in [-0.39, 0.29) is 0 Å². The van der Waals surface area contributed by atoms with Crippen LogP contribution in [-0.2, 0) is 0 Å². The second kappa shape index (κ2) is 12.2. The summed E-state index contributed by atoms with van der Waals surface area (Å²) in [6.07, 6.45) is 0. The third kappa shape index (κ3) is 4.93. The smallest absolute Gasteiger partial charge is 0.0702 e. The molecule has 0 bridgehead atoms. The van der Waals surface area contributed by atoms with E-state index in [1.807, 2.05) is 11.3 Å². The van der Waals surface area contributed by atoms with Crippen LogP contribution < -0.4 is 4.90 Å². The number of benzene rings is 8. The number of hydrogen-bond acceptors (Lipinski definition) is 2. The van der Waals surface area contributed by atoms with Gasteiger partial charge in [-0.05, 0) is 82.9 Å². The first-order valence-electron chi connectivity index (χ1n) is 17.4. The van der Waals surface area contributed by atoms with Crippen LogP contribution >= 0.6 is 11.3 Å². The first kappa shape index (κ1) is 29.5. The van der Waals surface area contributed by atoms with Crippen LogP contribution in [0.3, 0.4) is 0 Å². The fourth-order valence-electron chi connectivity index (χ4n) is 7.69. The van der Waals surface area contributed by atoms with Crippen LogP contribution in [0, 0.1) is 0 Å². The normalized spacial score (nSPS) is 11.5. The third-order valence-electron chi connectivity index (χ3n) is 10.0. The topological polar surface area (TPSA) is 8.17 Å². The SMILES string of the molecule is c1ccc(-c2ccc(N(c3ccc(-c4cccc5sc6ccccc6c45)cc3)c3ccccc3-n3c4ccccc4c4ccccc43)cc2)cc1. The van der Waals surface area contributed by atoms with Crippen molar-refractivity contribution >= 4 is 70.4 Å². The van der Waals surface area contributed by atoms with Gasteiger partial charge in [-0.2, -0.15) is 0 Å². The second-order valence-corrected chi connectivity index (χ2v) is 14.0. The number of fused-ring (bicyclic) bond motifs is 6. The van der Waals surface area contributed by atoms with Crippen LogP contribution in [0.25, 0.3) is 69.9 Å². The van der Waals surface area contributed by atoms with Crippen LogP contribution in [0.15, 0.2) is 194 Å². The van der Waals surface area contributed by atoms with Gasteiger partial charge in [-0.25, -0.2) is 0 Å². The molecule has 3 heteroatoms. The summed E-state index contributed by atoms with van der Waals surface area (Å²) in [6, 6.07) is 70.3. The Morgan fingerprint density at radius 1 is 0.373 bits per heavy atom.